The summed E-state index contributed by atoms with van der Waals surface area (Å²) in [5.41, 5.74) is 3.83. The van der Waals surface area contributed by atoms with Gasteiger partial charge in [0.25, 0.3) is 0 Å². The molecule has 0 heterocycles. The minimum atomic E-state index is 0.816. The van der Waals surface area contributed by atoms with Gasteiger partial charge in [-0.25, -0.2) is 0 Å². The number of rotatable bonds is 5. The predicted molar refractivity (Wildman–Crippen MR) is 86.4 cm³/mol. The van der Waals surface area contributed by atoms with E-state index in [4.69, 9.17) is 4.74 Å². The van der Waals surface area contributed by atoms with Crippen LogP contribution >= 0.6 is 15.9 Å². The van der Waals surface area contributed by atoms with E-state index in [1.165, 1.54) is 24.0 Å². The summed E-state index contributed by atoms with van der Waals surface area (Å²) < 4.78 is 6.30. The molecule has 1 aliphatic carbocycles. The average molecular weight is 332 g/mol. The van der Waals surface area contributed by atoms with Crippen LogP contribution in [0.1, 0.15) is 29.9 Å². The topological polar surface area (TPSA) is 21.3 Å². The standard InChI is InChI=1S/C17H18BrNO/c1-20-15-8-9-16(18)17(10-15)19-11-12-2-4-13(5-3-12)14-6-7-14/h2-5,8-10,14,19H,6-7,11H2,1H3. The summed E-state index contributed by atoms with van der Waals surface area (Å²) >= 11 is 3.55. The number of hydrogen-bond acceptors (Lipinski definition) is 2. The number of ether oxygens (including phenoxy) is 1. The van der Waals surface area contributed by atoms with Gasteiger partial charge >= 0.3 is 0 Å². The molecule has 1 fully saturated rings. The van der Waals surface area contributed by atoms with Crippen LogP contribution in [0, 0.1) is 0 Å². The van der Waals surface area contributed by atoms with Crippen LogP contribution in [-0.2, 0) is 6.54 Å². The molecule has 0 atom stereocenters. The summed E-state index contributed by atoms with van der Waals surface area (Å²) in [4.78, 5) is 0. The molecule has 0 aromatic heterocycles. The Morgan fingerprint density at radius 3 is 2.55 bits per heavy atom. The normalized spacial score (nSPS) is 14.1. The van der Waals surface area contributed by atoms with Crippen LogP contribution in [0.3, 0.4) is 0 Å². The summed E-state index contributed by atoms with van der Waals surface area (Å²) in [5.74, 6) is 1.68. The monoisotopic (exact) mass is 331 g/mol. The Balaban J connectivity index is 1.66. The third kappa shape index (κ3) is 3.15. The Hall–Kier alpha value is -1.48. The molecule has 0 radical (unpaired) electrons. The second-order valence-corrected chi connectivity index (χ2v) is 6.07. The zero-order valence-electron chi connectivity index (χ0n) is 11.5. The fourth-order valence-electron chi connectivity index (χ4n) is 2.29. The van der Waals surface area contributed by atoms with Gasteiger partial charge < -0.3 is 10.1 Å². The SMILES string of the molecule is COc1ccc(Br)c(NCc2ccc(C3CC3)cc2)c1. The molecular weight excluding hydrogens is 314 g/mol. The quantitative estimate of drug-likeness (QED) is 0.837. The van der Waals surface area contributed by atoms with E-state index in [2.05, 4.69) is 45.5 Å². The maximum atomic E-state index is 5.25. The van der Waals surface area contributed by atoms with Gasteiger partial charge in [0.05, 0.1) is 12.8 Å². The van der Waals surface area contributed by atoms with Gasteiger partial charge in [0.2, 0.25) is 0 Å². The van der Waals surface area contributed by atoms with Gasteiger partial charge in [-0.3, -0.25) is 0 Å². The van der Waals surface area contributed by atoms with Crippen molar-refractivity contribution in [1.29, 1.82) is 0 Å². The van der Waals surface area contributed by atoms with Crippen molar-refractivity contribution in [2.24, 2.45) is 0 Å². The smallest absolute Gasteiger partial charge is 0.121 e. The largest absolute Gasteiger partial charge is 0.497 e. The van der Waals surface area contributed by atoms with Crippen LogP contribution < -0.4 is 10.1 Å². The molecule has 0 aliphatic heterocycles. The molecule has 1 N–H and O–H groups in total. The second kappa shape index (κ2) is 5.88. The van der Waals surface area contributed by atoms with Crippen molar-refractivity contribution < 1.29 is 4.74 Å². The fraction of sp³-hybridized carbons (Fsp3) is 0.294. The molecule has 0 unspecified atom stereocenters. The number of halogens is 1. The van der Waals surface area contributed by atoms with E-state index in [0.29, 0.717) is 0 Å². The Morgan fingerprint density at radius 2 is 1.90 bits per heavy atom. The third-order valence-electron chi connectivity index (χ3n) is 3.68. The van der Waals surface area contributed by atoms with E-state index >= 15 is 0 Å². The zero-order chi connectivity index (χ0) is 13.9. The first-order valence-corrected chi connectivity index (χ1v) is 7.72. The Kier molecular flexibility index (Phi) is 3.97. The van der Waals surface area contributed by atoms with Gasteiger partial charge in [-0.15, -0.1) is 0 Å². The Labute approximate surface area is 128 Å². The van der Waals surface area contributed by atoms with Crippen molar-refractivity contribution in [2.75, 3.05) is 12.4 Å². The molecule has 3 heteroatoms. The van der Waals surface area contributed by atoms with E-state index in [0.717, 1.165) is 28.4 Å². The molecule has 2 aromatic carbocycles. The van der Waals surface area contributed by atoms with Gasteiger partial charge in [0, 0.05) is 17.1 Å². The maximum absolute atomic E-state index is 5.25. The highest BCUT2D eigenvalue weighted by atomic mass is 79.9. The number of anilines is 1. The van der Waals surface area contributed by atoms with Gasteiger partial charge in [0.15, 0.2) is 0 Å². The summed E-state index contributed by atoms with van der Waals surface area (Å²) in [7, 11) is 1.68. The highest BCUT2D eigenvalue weighted by Gasteiger charge is 2.22. The van der Waals surface area contributed by atoms with Crippen molar-refractivity contribution in [3.05, 3.63) is 58.1 Å². The fourth-order valence-corrected chi connectivity index (χ4v) is 2.68. The lowest BCUT2D eigenvalue weighted by Gasteiger charge is -2.11. The third-order valence-corrected chi connectivity index (χ3v) is 4.38. The van der Waals surface area contributed by atoms with Gasteiger partial charge in [-0.2, -0.15) is 0 Å². The molecule has 0 saturated heterocycles. The first-order chi connectivity index (χ1) is 9.76. The zero-order valence-corrected chi connectivity index (χ0v) is 13.1. The number of methoxy groups -OCH3 is 1. The number of hydrogen-bond donors (Lipinski definition) is 1. The van der Waals surface area contributed by atoms with Crippen molar-refractivity contribution in [2.45, 2.75) is 25.3 Å². The van der Waals surface area contributed by atoms with E-state index in [1.807, 2.05) is 18.2 Å². The molecule has 0 amide bonds. The van der Waals surface area contributed by atoms with Crippen LogP contribution in [0.4, 0.5) is 5.69 Å². The van der Waals surface area contributed by atoms with Gasteiger partial charge in [-0.1, -0.05) is 24.3 Å². The minimum Gasteiger partial charge on any atom is -0.497 e. The highest BCUT2D eigenvalue weighted by molar-refractivity contribution is 9.10. The minimum absolute atomic E-state index is 0.816. The molecule has 0 bridgehead atoms. The molecule has 20 heavy (non-hydrogen) atoms. The number of nitrogens with one attached hydrogen (secondary N) is 1. The van der Waals surface area contributed by atoms with E-state index in [-0.39, 0.29) is 0 Å². The van der Waals surface area contributed by atoms with E-state index < -0.39 is 0 Å². The lowest BCUT2D eigenvalue weighted by molar-refractivity contribution is 0.415. The van der Waals surface area contributed by atoms with Crippen molar-refractivity contribution in [3.63, 3.8) is 0 Å². The van der Waals surface area contributed by atoms with Crippen LogP contribution in [-0.4, -0.2) is 7.11 Å². The maximum Gasteiger partial charge on any atom is 0.121 e. The summed E-state index contributed by atoms with van der Waals surface area (Å²) in [5, 5.41) is 3.44. The molecule has 0 spiro atoms. The van der Waals surface area contributed by atoms with E-state index in [1.54, 1.807) is 7.11 Å². The molecule has 2 nitrogen and oxygen atoms in total. The van der Waals surface area contributed by atoms with Crippen LogP contribution in [0.25, 0.3) is 0 Å². The molecule has 104 valence electrons. The van der Waals surface area contributed by atoms with Gasteiger partial charge in [0.1, 0.15) is 5.75 Å². The first kappa shape index (κ1) is 13.5. The number of benzene rings is 2. The molecular formula is C17H18BrNO. The summed E-state index contributed by atoms with van der Waals surface area (Å²) in [6.07, 6.45) is 2.71. The summed E-state index contributed by atoms with van der Waals surface area (Å²) in [6.45, 7) is 0.816. The molecule has 2 aromatic rings. The molecule has 3 rings (SSSR count). The Morgan fingerprint density at radius 1 is 1.15 bits per heavy atom. The van der Waals surface area contributed by atoms with Crippen molar-refractivity contribution in [1.82, 2.24) is 0 Å². The van der Waals surface area contributed by atoms with Crippen LogP contribution in [0.5, 0.6) is 5.75 Å². The lowest BCUT2D eigenvalue weighted by atomic mass is 10.1. The second-order valence-electron chi connectivity index (χ2n) is 5.22. The average Bonchev–Trinajstić information content (AvgIpc) is 3.32. The van der Waals surface area contributed by atoms with Gasteiger partial charge in [-0.05, 0) is 57.9 Å². The molecule has 1 saturated carbocycles. The Bertz CT molecular complexity index is 590. The summed E-state index contributed by atoms with van der Waals surface area (Å²) in [6, 6.07) is 14.9. The highest BCUT2D eigenvalue weighted by Crippen LogP contribution is 2.39. The lowest BCUT2D eigenvalue weighted by Crippen LogP contribution is -2.00. The van der Waals surface area contributed by atoms with Crippen molar-refractivity contribution in [3.8, 4) is 5.75 Å². The van der Waals surface area contributed by atoms with Crippen LogP contribution in [0.15, 0.2) is 46.9 Å². The first-order valence-electron chi connectivity index (χ1n) is 6.92. The van der Waals surface area contributed by atoms with Crippen molar-refractivity contribution >= 4 is 21.6 Å². The van der Waals surface area contributed by atoms with E-state index in [9.17, 15) is 0 Å². The molecule has 1 aliphatic rings. The predicted octanol–water partition coefficient (Wildman–Crippen LogP) is 4.95. The van der Waals surface area contributed by atoms with Crippen LogP contribution in [0.2, 0.25) is 0 Å².